The van der Waals surface area contributed by atoms with Crippen LogP contribution in [0.2, 0.25) is 0 Å². The summed E-state index contributed by atoms with van der Waals surface area (Å²) in [7, 11) is 0. The van der Waals surface area contributed by atoms with Crippen molar-refractivity contribution in [1.82, 2.24) is 4.98 Å². The maximum Gasteiger partial charge on any atom is 0.235 e. The SMILES string of the molecule is CCCSCC(=O)Nc1ccc(C)cn1. The van der Waals surface area contributed by atoms with E-state index in [1.807, 2.05) is 19.1 Å². The number of aryl methyl sites for hydroxylation is 1. The summed E-state index contributed by atoms with van der Waals surface area (Å²) >= 11 is 1.64. The predicted molar refractivity (Wildman–Crippen MR) is 65.2 cm³/mol. The number of pyridine rings is 1. The van der Waals surface area contributed by atoms with Crippen LogP contribution in [0, 0.1) is 6.92 Å². The molecule has 3 nitrogen and oxygen atoms in total. The van der Waals surface area contributed by atoms with Crippen molar-refractivity contribution in [1.29, 1.82) is 0 Å². The number of nitrogens with zero attached hydrogens (tertiary/aromatic N) is 1. The molecule has 15 heavy (non-hydrogen) atoms. The Bertz CT molecular complexity index is 311. The van der Waals surface area contributed by atoms with E-state index in [-0.39, 0.29) is 5.91 Å². The summed E-state index contributed by atoms with van der Waals surface area (Å²) in [6.45, 7) is 4.07. The molecule has 0 aliphatic rings. The summed E-state index contributed by atoms with van der Waals surface area (Å²) in [4.78, 5) is 15.5. The van der Waals surface area contributed by atoms with Gasteiger partial charge >= 0.3 is 0 Å². The Balaban J connectivity index is 2.34. The van der Waals surface area contributed by atoms with Crippen molar-refractivity contribution in [2.45, 2.75) is 20.3 Å². The minimum Gasteiger partial charge on any atom is -0.310 e. The quantitative estimate of drug-likeness (QED) is 0.781. The first-order valence-corrected chi connectivity index (χ1v) is 6.18. The predicted octanol–water partition coefficient (Wildman–Crippen LogP) is 2.47. The number of carbonyl (C=O) groups excluding carboxylic acids is 1. The van der Waals surface area contributed by atoms with Crippen LogP contribution >= 0.6 is 11.8 Å². The van der Waals surface area contributed by atoms with Crippen molar-refractivity contribution in [2.75, 3.05) is 16.8 Å². The summed E-state index contributed by atoms with van der Waals surface area (Å²) in [5.74, 6) is 2.17. The van der Waals surface area contributed by atoms with E-state index < -0.39 is 0 Å². The van der Waals surface area contributed by atoms with Gasteiger partial charge in [0.25, 0.3) is 0 Å². The van der Waals surface area contributed by atoms with E-state index in [9.17, 15) is 4.79 Å². The van der Waals surface area contributed by atoms with Gasteiger partial charge in [0, 0.05) is 6.20 Å². The normalized spacial score (nSPS) is 10.0. The number of hydrogen-bond acceptors (Lipinski definition) is 3. The van der Waals surface area contributed by atoms with Gasteiger partial charge < -0.3 is 5.32 Å². The minimum atomic E-state index is 0.0183. The molecular weight excluding hydrogens is 208 g/mol. The summed E-state index contributed by atoms with van der Waals surface area (Å²) in [6, 6.07) is 3.75. The van der Waals surface area contributed by atoms with Crippen LogP contribution in [0.15, 0.2) is 18.3 Å². The van der Waals surface area contributed by atoms with Crippen LogP contribution in [-0.2, 0) is 4.79 Å². The number of hydrogen-bond donors (Lipinski definition) is 1. The van der Waals surface area contributed by atoms with Gasteiger partial charge in [0.2, 0.25) is 5.91 Å². The molecule has 82 valence electrons. The van der Waals surface area contributed by atoms with Crippen LogP contribution in [0.5, 0.6) is 0 Å². The monoisotopic (exact) mass is 224 g/mol. The van der Waals surface area contributed by atoms with Crippen LogP contribution in [0.25, 0.3) is 0 Å². The Kier molecular flexibility index (Phi) is 5.18. The molecule has 0 unspecified atom stereocenters. The molecule has 0 fully saturated rings. The van der Waals surface area contributed by atoms with Crippen molar-refractivity contribution in [3.8, 4) is 0 Å². The lowest BCUT2D eigenvalue weighted by atomic mass is 10.3. The van der Waals surface area contributed by atoms with Crippen LogP contribution in [-0.4, -0.2) is 22.4 Å². The molecule has 1 heterocycles. The van der Waals surface area contributed by atoms with Gasteiger partial charge in [-0.05, 0) is 30.7 Å². The summed E-state index contributed by atoms with van der Waals surface area (Å²) in [6.07, 6.45) is 2.84. The molecule has 0 saturated heterocycles. The molecule has 0 saturated carbocycles. The summed E-state index contributed by atoms with van der Waals surface area (Å²) in [5, 5.41) is 2.76. The van der Waals surface area contributed by atoms with E-state index in [1.165, 1.54) is 0 Å². The summed E-state index contributed by atoms with van der Waals surface area (Å²) < 4.78 is 0. The molecule has 0 spiro atoms. The van der Waals surface area contributed by atoms with Gasteiger partial charge in [-0.3, -0.25) is 4.79 Å². The molecule has 0 radical (unpaired) electrons. The van der Waals surface area contributed by atoms with E-state index in [2.05, 4.69) is 17.2 Å². The minimum absolute atomic E-state index is 0.0183. The van der Waals surface area contributed by atoms with Crippen LogP contribution < -0.4 is 5.32 Å². The maximum absolute atomic E-state index is 11.4. The van der Waals surface area contributed by atoms with E-state index >= 15 is 0 Å². The number of nitrogens with one attached hydrogen (secondary N) is 1. The van der Waals surface area contributed by atoms with E-state index in [1.54, 1.807) is 18.0 Å². The maximum atomic E-state index is 11.4. The Hall–Kier alpha value is -1.03. The lowest BCUT2D eigenvalue weighted by Gasteiger charge is -2.03. The highest BCUT2D eigenvalue weighted by atomic mass is 32.2. The third-order valence-corrected chi connectivity index (χ3v) is 2.92. The second-order valence-electron chi connectivity index (χ2n) is 3.32. The Labute approximate surface area is 94.7 Å². The van der Waals surface area contributed by atoms with E-state index in [0.717, 1.165) is 17.7 Å². The standard InChI is InChI=1S/C11H16N2OS/c1-3-6-15-8-11(14)13-10-5-4-9(2)7-12-10/h4-5,7H,3,6,8H2,1-2H3,(H,12,13,14). The largest absolute Gasteiger partial charge is 0.310 e. The zero-order valence-electron chi connectivity index (χ0n) is 9.12. The fraction of sp³-hybridized carbons (Fsp3) is 0.455. The van der Waals surface area contributed by atoms with Gasteiger partial charge in [0.1, 0.15) is 5.82 Å². The van der Waals surface area contributed by atoms with Crippen LogP contribution in [0.4, 0.5) is 5.82 Å². The Morgan fingerprint density at radius 3 is 2.93 bits per heavy atom. The van der Waals surface area contributed by atoms with Gasteiger partial charge in [-0.2, -0.15) is 11.8 Å². The number of rotatable bonds is 5. The van der Waals surface area contributed by atoms with Crippen molar-refractivity contribution >= 4 is 23.5 Å². The van der Waals surface area contributed by atoms with E-state index in [4.69, 9.17) is 0 Å². The number of carbonyl (C=O) groups is 1. The number of thioether (sulfide) groups is 1. The van der Waals surface area contributed by atoms with Gasteiger partial charge in [0.15, 0.2) is 0 Å². The first-order chi connectivity index (χ1) is 7.22. The highest BCUT2D eigenvalue weighted by Crippen LogP contribution is 2.06. The number of anilines is 1. The van der Waals surface area contributed by atoms with Gasteiger partial charge in [-0.25, -0.2) is 4.98 Å². The molecule has 4 heteroatoms. The van der Waals surface area contributed by atoms with Gasteiger partial charge in [-0.1, -0.05) is 13.0 Å². The van der Waals surface area contributed by atoms with Crippen LogP contribution in [0.1, 0.15) is 18.9 Å². The molecule has 1 aromatic rings. The molecule has 0 aliphatic carbocycles. The Morgan fingerprint density at radius 2 is 2.33 bits per heavy atom. The van der Waals surface area contributed by atoms with Crippen molar-refractivity contribution in [3.63, 3.8) is 0 Å². The molecule has 1 rings (SSSR count). The average molecular weight is 224 g/mol. The van der Waals surface area contributed by atoms with E-state index in [0.29, 0.717) is 11.6 Å². The van der Waals surface area contributed by atoms with Crippen molar-refractivity contribution in [2.24, 2.45) is 0 Å². The first kappa shape index (κ1) is 12.0. The molecule has 0 aromatic carbocycles. The lowest BCUT2D eigenvalue weighted by molar-refractivity contribution is -0.113. The third kappa shape index (κ3) is 4.83. The fourth-order valence-electron chi connectivity index (χ4n) is 1.03. The zero-order chi connectivity index (χ0) is 11.1. The topological polar surface area (TPSA) is 42.0 Å². The second-order valence-corrected chi connectivity index (χ2v) is 4.43. The zero-order valence-corrected chi connectivity index (χ0v) is 9.93. The number of aromatic nitrogens is 1. The lowest BCUT2D eigenvalue weighted by Crippen LogP contribution is -2.15. The molecule has 0 bridgehead atoms. The second kappa shape index (κ2) is 6.45. The van der Waals surface area contributed by atoms with Crippen LogP contribution in [0.3, 0.4) is 0 Å². The summed E-state index contributed by atoms with van der Waals surface area (Å²) in [5.41, 5.74) is 1.09. The van der Waals surface area contributed by atoms with Crippen molar-refractivity contribution < 1.29 is 4.79 Å². The third-order valence-electron chi connectivity index (χ3n) is 1.76. The number of amides is 1. The average Bonchev–Trinajstić information content (AvgIpc) is 2.22. The Morgan fingerprint density at radius 1 is 1.53 bits per heavy atom. The molecule has 1 aromatic heterocycles. The molecular formula is C11H16N2OS. The van der Waals surface area contributed by atoms with Crippen molar-refractivity contribution in [3.05, 3.63) is 23.9 Å². The molecule has 1 N–H and O–H groups in total. The molecule has 0 atom stereocenters. The molecule has 0 aliphatic heterocycles. The van der Waals surface area contributed by atoms with Gasteiger partial charge in [-0.15, -0.1) is 0 Å². The first-order valence-electron chi connectivity index (χ1n) is 5.02. The smallest absolute Gasteiger partial charge is 0.235 e. The highest BCUT2D eigenvalue weighted by molar-refractivity contribution is 7.99. The highest BCUT2D eigenvalue weighted by Gasteiger charge is 2.02. The van der Waals surface area contributed by atoms with Gasteiger partial charge in [0.05, 0.1) is 5.75 Å². The fourth-order valence-corrected chi connectivity index (χ4v) is 1.72. The molecule has 1 amide bonds.